The molecule has 8 heteroatoms. The molecule has 0 atom stereocenters. The number of carboxylic acid groups (broad SMARTS) is 1. The Hall–Kier alpha value is -3.65. The van der Waals surface area contributed by atoms with E-state index in [9.17, 15) is 9.18 Å². The molecule has 1 heterocycles. The van der Waals surface area contributed by atoms with Crippen molar-refractivity contribution in [3.8, 4) is 34.0 Å². The minimum Gasteiger partial charge on any atom is -0.493 e. The second kappa shape index (κ2) is 10.5. The molecule has 4 aromatic rings. The SMILES string of the molecule is COc1cc(Br)cc(-c2cc(-c3cccc(F)c3)n(CCc3ccccc3)n2)c1OCC(=O)O. The molecule has 0 aliphatic rings. The molecule has 1 aromatic heterocycles. The standard InChI is InChI=1S/C26H22BrFN2O4/c1-33-24-14-19(27)13-21(26(24)34-16-25(31)32)22-15-23(18-8-5-9-20(28)12-18)30(29-22)11-10-17-6-3-2-4-7-17/h2-9,12-15H,10-11,16H2,1H3,(H,31,32). The highest BCUT2D eigenvalue weighted by Crippen LogP contribution is 2.41. The van der Waals surface area contributed by atoms with Crippen LogP contribution in [0.4, 0.5) is 4.39 Å². The van der Waals surface area contributed by atoms with Gasteiger partial charge in [0, 0.05) is 22.1 Å². The van der Waals surface area contributed by atoms with Crippen LogP contribution in [-0.2, 0) is 17.8 Å². The summed E-state index contributed by atoms with van der Waals surface area (Å²) >= 11 is 3.47. The zero-order valence-corrected chi connectivity index (χ0v) is 20.0. The van der Waals surface area contributed by atoms with E-state index in [-0.39, 0.29) is 11.6 Å². The summed E-state index contributed by atoms with van der Waals surface area (Å²) in [6.45, 7) is 0.0305. The first kappa shape index (κ1) is 23.5. The third-order valence-corrected chi connectivity index (χ3v) is 5.67. The number of carboxylic acids is 1. The number of methoxy groups -OCH3 is 1. The fourth-order valence-electron chi connectivity index (χ4n) is 3.67. The number of nitrogens with zero attached hydrogens (tertiary/aromatic N) is 2. The van der Waals surface area contributed by atoms with E-state index in [0.717, 1.165) is 17.7 Å². The summed E-state index contributed by atoms with van der Waals surface area (Å²) in [5, 5.41) is 13.9. The molecule has 4 rings (SSSR count). The topological polar surface area (TPSA) is 73.6 Å². The van der Waals surface area contributed by atoms with Crippen molar-refractivity contribution >= 4 is 21.9 Å². The van der Waals surface area contributed by atoms with Crippen LogP contribution in [-0.4, -0.2) is 34.6 Å². The summed E-state index contributed by atoms with van der Waals surface area (Å²) in [6, 6.07) is 21.7. The molecule has 0 saturated carbocycles. The van der Waals surface area contributed by atoms with Gasteiger partial charge < -0.3 is 14.6 Å². The summed E-state index contributed by atoms with van der Waals surface area (Å²) in [4.78, 5) is 11.2. The van der Waals surface area contributed by atoms with Crippen LogP contribution in [0.2, 0.25) is 0 Å². The molecule has 0 aliphatic carbocycles. The quantitative estimate of drug-likeness (QED) is 0.298. The van der Waals surface area contributed by atoms with Crippen LogP contribution in [0.1, 0.15) is 5.56 Å². The van der Waals surface area contributed by atoms with Crippen LogP contribution >= 0.6 is 15.9 Å². The van der Waals surface area contributed by atoms with Gasteiger partial charge in [0.25, 0.3) is 0 Å². The summed E-state index contributed by atoms with van der Waals surface area (Å²) < 4.78 is 27.6. The molecule has 0 spiro atoms. The lowest BCUT2D eigenvalue weighted by atomic mass is 10.1. The zero-order chi connectivity index (χ0) is 24.1. The molecule has 0 aliphatic heterocycles. The first-order valence-electron chi connectivity index (χ1n) is 10.5. The highest BCUT2D eigenvalue weighted by atomic mass is 79.9. The van der Waals surface area contributed by atoms with E-state index in [1.54, 1.807) is 18.2 Å². The Labute approximate surface area is 204 Å². The van der Waals surface area contributed by atoms with E-state index < -0.39 is 12.6 Å². The third-order valence-electron chi connectivity index (χ3n) is 5.21. The van der Waals surface area contributed by atoms with Crippen molar-refractivity contribution in [1.82, 2.24) is 9.78 Å². The molecular formula is C26H22BrFN2O4. The lowest BCUT2D eigenvalue weighted by molar-refractivity contribution is -0.139. The molecule has 0 bridgehead atoms. The van der Waals surface area contributed by atoms with Gasteiger partial charge in [0.2, 0.25) is 0 Å². The fourth-order valence-corrected chi connectivity index (χ4v) is 4.11. The maximum atomic E-state index is 14.0. The highest BCUT2D eigenvalue weighted by Gasteiger charge is 2.20. The summed E-state index contributed by atoms with van der Waals surface area (Å²) in [7, 11) is 1.48. The predicted molar refractivity (Wildman–Crippen MR) is 131 cm³/mol. The predicted octanol–water partition coefficient (Wildman–Crippen LogP) is 5.83. The fraction of sp³-hybridized carbons (Fsp3) is 0.154. The van der Waals surface area contributed by atoms with Gasteiger partial charge in [-0.1, -0.05) is 58.4 Å². The molecule has 0 radical (unpaired) electrons. The van der Waals surface area contributed by atoms with Gasteiger partial charge in [-0.25, -0.2) is 9.18 Å². The Morgan fingerprint density at radius 1 is 1.09 bits per heavy atom. The van der Waals surface area contributed by atoms with Crippen molar-refractivity contribution in [3.05, 3.63) is 88.6 Å². The lowest BCUT2D eigenvalue weighted by Crippen LogP contribution is -2.11. The van der Waals surface area contributed by atoms with Crippen LogP contribution in [0.5, 0.6) is 11.5 Å². The van der Waals surface area contributed by atoms with Crippen molar-refractivity contribution in [2.24, 2.45) is 0 Å². The number of hydrogen-bond acceptors (Lipinski definition) is 4. The first-order chi connectivity index (χ1) is 16.4. The summed E-state index contributed by atoms with van der Waals surface area (Å²) in [5.41, 5.74) is 3.67. The van der Waals surface area contributed by atoms with Crippen LogP contribution in [0.15, 0.2) is 77.3 Å². The van der Waals surface area contributed by atoms with Crippen molar-refractivity contribution in [2.45, 2.75) is 13.0 Å². The van der Waals surface area contributed by atoms with Gasteiger partial charge in [-0.15, -0.1) is 0 Å². The molecule has 174 valence electrons. The number of carbonyl (C=O) groups is 1. The van der Waals surface area contributed by atoms with Gasteiger partial charge in [0.05, 0.1) is 18.5 Å². The minimum atomic E-state index is -1.11. The number of aliphatic carboxylic acids is 1. The second-order valence-corrected chi connectivity index (χ2v) is 8.47. The third kappa shape index (κ3) is 5.46. The minimum absolute atomic E-state index is 0.270. The van der Waals surface area contributed by atoms with E-state index in [1.807, 2.05) is 47.1 Å². The number of aryl methyl sites for hydroxylation is 2. The average molecular weight is 525 g/mol. The number of hydrogen-bond donors (Lipinski definition) is 1. The normalized spacial score (nSPS) is 10.8. The Morgan fingerprint density at radius 2 is 1.88 bits per heavy atom. The Bertz CT molecular complexity index is 1310. The second-order valence-electron chi connectivity index (χ2n) is 7.55. The van der Waals surface area contributed by atoms with Gasteiger partial charge in [-0.2, -0.15) is 5.10 Å². The Balaban J connectivity index is 1.81. The zero-order valence-electron chi connectivity index (χ0n) is 18.4. The van der Waals surface area contributed by atoms with Crippen LogP contribution in [0.25, 0.3) is 22.5 Å². The number of aromatic nitrogens is 2. The largest absolute Gasteiger partial charge is 0.493 e. The van der Waals surface area contributed by atoms with Gasteiger partial charge in [-0.05, 0) is 42.3 Å². The molecule has 0 saturated heterocycles. The van der Waals surface area contributed by atoms with Crippen molar-refractivity contribution < 1.29 is 23.8 Å². The van der Waals surface area contributed by atoms with Crippen molar-refractivity contribution in [2.75, 3.05) is 13.7 Å². The van der Waals surface area contributed by atoms with E-state index in [4.69, 9.17) is 19.7 Å². The van der Waals surface area contributed by atoms with Crippen LogP contribution < -0.4 is 9.47 Å². The number of halogens is 2. The molecule has 6 nitrogen and oxygen atoms in total. The van der Waals surface area contributed by atoms with E-state index in [1.165, 1.54) is 19.2 Å². The van der Waals surface area contributed by atoms with Gasteiger partial charge in [0.15, 0.2) is 18.1 Å². The van der Waals surface area contributed by atoms with Crippen LogP contribution in [0.3, 0.4) is 0 Å². The molecule has 0 unspecified atom stereocenters. The van der Waals surface area contributed by atoms with Gasteiger partial charge in [-0.3, -0.25) is 4.68 Å². The highest BCUT2D eigenvalue weighted by molar-refractivity contribution is 9.10. The molecule has 34 heavy (non-hydrogen) atoms. The maximum absolute atomic E-state index is 14.0. The van der Waals surface area contributed by atoms with Gasteiger partial charge in [0.1, 0.15) is 5.82 Å². The molecule has 0 amide bonds. The summed E-state index contributed by atoms with van der Waals surface area (Å²) in [6.07, 6.45) is 0.731. The van der Waals surface area contributed by atoms with Crippen LogP contribution in [0, 0.1) is 5.82 Å². The Morgan fingerprint density at radius 3 is 2.59 bits per heavy atom. The van der Waals surface area contributed by atoms with E-state index in [0.29, 0.717) is 33.6 Å². The van der Waals surface area contributed by atoms with Crippen molar-refractivity contribution in [3.63, 3.8) is 0 Å². The molecule has 1 N–H and O–H groups in total. The Kier molecular flexibility index (Phi) is 7.27. The summed E-state index contributed by atoms with van der Waals surface area (Å²) in [5.74, 6) is -0.808. The van der Waals surface area contributed by atoms with Crippen molar-refractivity contribution in [1.29, 1.82) is 0 Å². The maximum Gasteiger partial charge on any atom is 0.341 e. The van der Waals surface area contributed by atoms with Gasteiger partial charge >= 0.3 is 5.97 Å². The number of rotatable bonds is 9. The van der Waals surface area contributed by atoms with E-state index >= 15 is 0 Å². The molecule has 3 aromatic carbocycles. The monoisotopic (exact) mass is 524 g/mol. The molecular weight excluding hydrogens is 503 g/mol. The average Bonchev–Trinajstić information content (AvgIpc) is 3.26. The smallest absolute Gasteiger partial charge is 0.341 e. The first-order valence-corrected chi connectivity index (χ1v) is 11.3. The number of benzene rings is 3. The lowest BCUT2D eigenvalue weighted by Gasteiger charge is -2.13. The molecule has 0 fully saturated rings. The number of ether oxygens (including phenoxy) is 2. The van der Waals surface area contributed by atoms with E-state index in [2.05, 4.69) is 15.9 Å².